The second-order valence-electron chi connectivity index (χ2n) is 3.13. The molecule has 1 rings (SSSR count). The summed E-state index contributed by atoms with van der Waals surface area (Å²) < 4.78 is 0. The Balaban J connectivity index is 3.16. The number of hydrogen-bond donors (Lipinski definition) is 4. The average Bonchev–Trinajstić information content (AvgIpc) is 2.27. The van der Waals surface area contributed by atoms with Crippen molar-refractivity contribution in [3.63, 3.8) is 0 Å². The monoisotopic (exact) mass is 244 g/mol. The first-order valence-electron chi connectivity index (χ1n) is 4.30. The van der Waals surface area contributed by atoms with Gasteiger partial charge in [-0.05, 0) is 0 Å². The molecule has 17 heavy (non-hydrogen) atoms. The summed E-state index contributed by atoms with van der Waals surface area (Å²) in [5.41, 5.74) is -2.11. The van der Waals surface area contributed by atoms with Crippen LogP contribution >= 0.6 is 0 Å². The van der Waals surface area contributed by atoms with E-state index < -0.39 is 34.3 Å². The maximum Gasteiger partial charge on any atom is 0.335 e. The van der Waals surface area contributed by atoms with Crippen molar-refractivity contribution in [1.82, 2.24) is 4.98 Å². The lowest BCUT2D eigenvalue weighted by Crippen LogP contribution is -2.28. The Kier molecular flexibility index (Phi) is 3.55. The predicted molar refractivity (Wildman–Crippen MR) is 52.3 cm³/mol. The summed E-state index contributed by atoms with van der Waals surface area (Å²) in [6.45, 7) is 0. The molecule has 9 nitrogen and oxygen atoms in total. The summed E-state index contributed by atoms with van der Waals surface area (Å²) in [4.78, 5) is 32.8. The highest BCUT2D eigenvalue weighted by atomic mass is 16.6. The van der Waals surface area contributed by atoms with E-state index in [1.807, 2.05) is 4.98 Å². The van der Waals surface area contributed by atoms with Gasteiger partial charge in [-0.25, -0.2) is 4.79 Å². The van der Waals surface area contributed by atoms with Crippen molar-refractivity contribution in [3.8, 4) is 0 Å². The van der Waals surface area contributed by atoms with Crippen LogP contribution in [0.2, 0.25) is 0 Å². The highest BCUT2D eigenvalue weighted by Gasteiger charge is 2.27. The molecule has 0 amide bonds. The lowest BCUT2D eigenvalue weighted by atomic mass is 10.1. The Bertz CT molecular complexity index is 509. The van der Waals surface area contributed by atoms with Crippen LogP contribution in [-0.2, 0) is 4.79 Å². The fourth-order valence-electron chi connectivity index (χ4n) is 1.11. The van der Waals surface area contributed by atoms with E-state index >= 15 is 0 Å². The van der Waals surface area contributed by atoms with Crippen LogP contribution in [0.1, 0.15) is 11.7 Å². The first-order chi connectivity index (χ1) is 7.84. The van der Waals surface area contributed by atoms with Gasteiger partial charge < -0.3 is 20.3 Å². The molecule has 0 aliphatic rings. The molecule has 0 radical (unpaired) electrons. The summed E-state index contributed by atoms with van der Waals surface area (Å²) in [5, 5.41) is 37.3. The molecule has 0 aliphatic heterocycles. The smallest absolute Gasteiger partial charge is 0.335 e. The molecule has 92 valence electrons. The third-order valence-electron chi connectivity index (χ3n) is 2.00. The molecule has 0 aromatic carbocycles. The minimum atomic E-state index is -2.14. The molecule has 4 N–H and O–H groups in total. The third kappa shape index (κ3) is 2.65. The zero-order valence-corrected chi connectivity index (χ0v) is 8.23. The van der Waals surface area contributed by atoms with Crippen molar-refractivity contribution in [1.29, 1.82) is 0 Å². The molecule has 0 aliphatic carbocycles. The molecular weight excluding hydrogens is 236 g/mol. The number of nitrogens with one attached hydrogen (secondary N) is 1. The lowest BCUT2D eigenvalue weighted by molar-refractivity contribution is -0.386. The van der Waals surface area contributed by atoms with E-state index in [-0.39, 0.29) is 5.56 Å². The zero-order valence-electron chi connectivity index (χ0n) is 8.23. The number of rotatable bonds is 4. The largest absolute Gasteiger partial charge is 0.479 e. The molecule has 0 saturated heterocycles. The van der Waals surface area contributed by atoms with Crippen molar-refractivity contribution in [3.05, 3.63) is 38.3 Å². The van der Waals surface area contributed by atoms with Crippen molar-refractivity contribution in [2.24, 2.45) is 0 Å². The second-order valence-corrected chi connectivity index (χ2v) is 3.13. The molecule has 9 heteroatoms. The number of carboxylic acid groups (broad SMARTS) is 1. The van der Waals surface area contributed by atoms with Gasteiger partial charge in [0.05, 0.1) is 4.92 Å². The number of pyridine rings is 1. The molecule has 0 spiro atoms. The maximum atomic E-state index is 11.0. The minimum absolute atomic E-state index is 0.272. The van der Waals surface area contributed by atoms with Crippen LogP contribution in [-0.4, -0.2) is 37.3 Å². The molecule has 0 fully saturated rings. The standard InChI is InChI=1S/C8H8N2O7/c11-5(6(12)8(14)15)3-1-4(10(16)17)7(13)9-2-3/h1-2,5-6,11-12H,(H,9,13)(H,14,15). The number of carbonyl (C=O) groups is 1. The Morgan fingerprint density at radius 1 is 1.47 bits per heavy atom. The second kappa shape index (κ2) is 4.72. The predicted octanol–water partition coefficient (Wildman–Crippen LogP) is -1.24. The molecule has 0 saturated carbocycles. The van der Waals surface area contributed by atoms with Crippen LogP contribution < -0.4 is 5.56 Å². The third-order valence-corrected chi connectivity index (χ3v) is 2.00. The summed E-state index contributed by atoms with van der Waals surface area (Å²) in [6.07, 6.45) is -3.12. The number of nitro groups is 1. The Labute approximate surface area is 93.1 Å². The van der Waals surface area contributed by atoms with E-state index in [1.165, 1.54) is 0 Å². The van der Waals surface area contributed by atoms with Crippen molar-refractivity contribution in [2.45, 2.75) is 12.2 Å². The van der Waals surface area contributed by atoms with E-state index in [9.17, 15) is 24.8 Å². The normalized spacial score (nSPS) is 14.0. The number of hydrogen-bond acceptors (Lipinski definition) is 6. The van der Waals surface area contributed by atoms with Gasteiger partial charge in [0.2, 0.25) is 0 Å². The van der Waals surface area contributed by atoms with E-state index in [1.54, 1.807) is 0 Å². The first kappa shape index (κ1) is 12.8. The molecule has 2 atom stereocenters. The van der Waals surface area contributed by atoms with E-state index in [0.29, 0.717) is 6.07 Å². The summed E-state index contributed by atoms with van der Waals surface area (Å²) in [7, 11) is 0. The van der Waals surface area contributed by atoms with Gasteiger partial charge in [-0.15, -0.1) is 0 Å². The van der Waals surface area contributed by atoms with Crippen LogP contribution in [0.4, 0.5) is 5.69 Å². The van der Waals surface area contributed by atoms with Crippen LogP contribution in [0.15, 0.2) is 17.1 Å². The number of aromatic nitrogens is 1. The van der Waals surface area contributed by atoms with Gasteiger partial charge in [-0.3, -0.25) is 14.9 Å². The van der Waals surface area contributed by atoms with Gasteiger partial charge in [0.15, 0.2) is 6.10 Å². The number of aliphatic hydroxyl groups excluding tert-OH is 2. The quantitative estimate of drug-likeness (QED) is 0.381. The molecule has 1 aromatic rings. The first-order valence-corrected chi connectivity index (χ1v) is 4.30. The van der Waals surface area contributed by atoms with Gasteiger partial charge in [0.25, 0.3) is 0 Å². The Morgan fingerprint density at radius 2 is 2.06 bits per heavy atom. The van der Waals surface area contributed by atoms with Crippen LogP contribution in [0.3, 0.4) is 0 Å². The number of aromatic amines is 1. The van der Waals surface area contributed by atoms with Gasteiger partial charge in [0.1, 0.15) is 6.10 Å². The van der Waals surface area contributed by atoms with Crippen molar-refractivity contribution < 1.29 is 25.0 Å². The highest BCUT2D eigenvalue weighted by molar-refractivity contribution is 5.73. The number of aliphatic hydroxyl groups is 2. The average molecular weight is 244 g/mol. The highest BCUT2D eigenvalue weighted by Crippen LogP contribution is 2.18. The SMILES string of the molecule is O=C(O)C(O)C(O)c1c[nH]c(=O)c([N+](=O)[O-])c1. The van der Waals surface area contributed by atoms with Crippen LogP contribution in [0.25, 0.3) is 0 Å². The summed E-state index contributed by atoms with van der Waals surface area (Å²) in [6, 6.07) is 0.704. The van der Waals surface area contributed by atoms with E-state index in [4.69, 9.17) is 10.2 Å². The minimum Gasteiger partial charge on any atom is -0.479 e. The number of nitrogens with zero attached hydrogens (tertiary/aromatic N) is 1. The molecule has 1 heterocycles. The molecule has 1 aromatic heterocycles. The Morgan fingerprint density at radius 3 is 2.53 bits per heavy atom. The van der Waals surface area contributed by atoms with Gasteiger partial charge in [0, 0.05) is 17.8 Å². The van der Waals surface area contributed by atoms with E-state index in [2.05, 4.69) is 0 Å². The van der Waals surface area contributed by atoms with Crippen LogP contribution in [0, 0.1) is 10.1 Å². The lowest BCUT2D eigenvalue weighted by Gasteiger charge is -2.13. The fourth-order valence-corrected chi connectivity index (χ4v) is 1.11. The number of H-pyrrole nitrogens is 1. The van der Waals surface area contributed by atoms with Gasteiger partial charge >= 0.3 is 17.2 Å². The van der Waals surface area contributed by atoms with Crippen LogP contribution in [0.5, 0.6) is 0 Å². The van der Waals surface area contributed by atoms with E-state index in [0.717, 1.165) is 6.20 Å². The molecule has 2 unspecified atom stereocenters. The number of aliphatic carboxylic acids is 1. The number of carboxylic acids is 1. The van der Waals surface area contributed by atoms with Gasteiger partial charge in [-0.2, -0.15) is 0 Å². The zero-order chi connectivity index (χ0) is 13.2. The summed E-state index contributed by atoms with van der Waals surface area (Å²) >= 11 is 0. The maximum absolute atomic E-state index is 11.0. The topological polar surface area (TPSA) is 154 Å². The van der Waals surface area contributed by atoms with Crippen molar-refractivity contribution in [2.75, 3.05) is 0 Å². The van der Waals surface area contributed by atoms with Gasteiger partial charge in [-0.1, -0.05) is 0 Å². The fraction of sp³-hybridized carbons (Fsp3) is 0.250. The Hall–Kier alpha value is -2.26. The summed E-state index contributed by atoms with van der Waals surface area (Å²) in [5.74, 6) is -1.69. The molecule has 0 bridgehead atoms. The van der Waals surface area contributed by atoms with Crippen molar-refractivity contribution >= 4 is 11.7 Å². The molecular formula is C8H8N2O7.